The third kappa shape index (κ3) is 10.6. The Hall–Kier alpha value is -5.86. The number of rotatable bonds is 16. The number of hydrogen-bond donors (Lipinski definition) is 2. The van der Waals surface area contributed by atoms with Gasteiger partial charge in [-0.3, -0.25) is 0 Å². The lowest BCUT2D eigenvalue weighted by molar-refractivity contribution is 0.836. The van der Waals surface area contributed by atoms with E-state index in [2.05, 4.69) is 255 Å². The van der Waals surface area contributed by atoms with E-state index in [1.165, 1.54) is 89.0 Å². The van der Waals surface area contributed by atoms with Gasteiger partial charge in [-0.05, 0) is 185 Å². The molecule has 0 atom stereocenters. The average molecular weight is 901 g/mol. The molecule has 2 N–H and O–H groups in total. The van der Waals surface area contributed by atoms with Crippen LogP contribution in [0.2, 0.25) is 0 Å². The van der Waals surface area contributed by atoms with Crippen molar-refractivity contribution in [3.05, 3.63) is 178 Å². The lowest BCUT2D eigenvalue weighted by Gasteiger charge is -2.25. The SMILES string of the molecule is CC(C)c1cccc(C(C)C)c1-c1cc(Nc2ccccc2Nc2cc(-c3c(C(C)C)cccc3C(C)C)cc(-c3c(C(C)C)cccc3C(C)C)c2)cc(-c2c(C(C)C)cccc2C(C)C)c1. The Bertz CT molecular complexity index is 2400. The summed E-state index contributed by atoms with van der Waals surface area (Å²) in [7, 11) is 0. The molecule has 0 amide bonds. The normalized spacial score (nSPS) is 12.0. The van der Waals surface area contributed by atoms with Crippen molar-refractivity contribution in [2.24, 2.45) is 0 Å². The Labute approximate surface area is 412 Å². The van der Waals surface area contributed by atoms with E-state index in [1.54, 1.807) is 0 Å². The zero-order valence-electron chi connectivity index (χ0n) is 44.3. The van der Waals surface area contributed by atoms with Gasteiger partial charge in [-0.25, -0.2) is 0 Å². The smallest absolute Gasteiger partial charge is 0.0623 e. The van der Waals surface area contributed by atoms with E-state index in [-0.39, 0.29) is 0 Å². The standard InChI is InChI=1S/C66H80N2/c1-39(2)53-23-19-24-54(40(3)4)63(53)47-33-48(64-55(41(5)6)25-20-26-56(64)42(7)8)36-51(35-47)67-61-31-17-18-32-62(61)68-52-37-49(65-57(43(9)10)27-21-28-58(65)44(11)12)34-50(38-52)66-59(45(13)14)29-22-30-60(66)46(15)16/h17-46,67-68H,1-16H3. The van der Waals surface area contributed by atoms with Crippen molar-refractivity contribution in [1.29, 1.82) is 0 Å². The predicted molar refractivity (Wildman–Crippen MR) is 300 cm³/mol. The third-order valence-corrected chi connectivity index (χ3v) is 14.0. The minimum absolute atomic E-state index is 0.372. The first-order chi connectivity index (χ1) is 32.4. The van der Waals surface area contributed by atoms with Gasteiger partial charge in [0, 0.05) is 11.4 Å². The van der Waals surface area contributed by atoms with E-state index >= 15 is 0 Å². The summed E-state index contributed by atoms with van der Waals surface area (Å²) in [4.78, 5) is 0. The van der Waals surface area contributed by atoms with Gasteiger partial charge in [0.1, 0.15) is 0 Å². The van der Waals surface area contributed by atoms with E-state index < -0.39 is 0 Å². The molecule has 2 nitrogen and oxygen atoms in total. The summed E-state index contributed by atoms with van der Waals surface area (Å²) in [5.74, 6) is 2.98. The molecule has 7 rings (SSSR count). The number of anilines is 4. The van der Waals surface area contributed by atoms with Crippen LogP contribution < -0.4 is 10.6 Å². The van der Waals surface area contributed by atoms with E-state index in [1.807, 2.05) is 0 Å². The van der Waals surface area contributed by atoms with Gasteiger partial charge in [0.25, 0.3) is 0 Å². The molecule has 0 radical (unpaired) electrons. The van der Waals surface area contributed by atoms with Crippen LogP contribution in [0, 0.1) is 0 Å². The van der Waals surface area contributed by atoms with E-state index in [0.29, 0.717) is 47.3 Å². The van der Waals surface area contributed by atoms with Crippen LogP contribution in [-0.2, 0) is 0 Å². The largest absolute Gasteiger partial charge is 0.354 e. The first-order valence-electron chi connectivity index (χ1n) is 25.8. The molecule has 0 unspecified atom stereocenters. The summed E-state index contributed by atoms with van der Waals surface area (Å²) in [5.41, 5.74) is 25.7. The van der Waals surface area contributed by atoms with Crippen LogP contribution in [0.3, 0.4) is 0 Å². The highest BCUT2D eigenvalue weighted by Crippen LogP contribution is 2.46. The highest BCUT2D eigenvalue weighted by Gasteiger charge is 2.23. The van der Waals surface area contributed by atoms with Gasteiger partial charge in [-0.15, -0.1) is 0 Å². The van der Waals surface area contributed by atoms with Crippen LogP contribution in [-0.4, -0.2) is 0 Å². The molecule has 68 heavy (non-hydrogen) atoms. The van der Waals surface area contributed by atoms with Crippen LogP contribution in [0.5, 0.6) is 0 Å². The fraction of sp³-hybridized carbons (Fsp3) is 0.364. The summed E-state index contributed by atoms with van der Waals surface area (Å²) >= 11 is 0. The van der Waals surface area contributed by atoms with Crippen molar-refractivity contribution in [2.75, 3.05) is 10.6 Å². The van der Waals surface area contributed by atoms with Crippen LogP contribution >= 0.6 is 0 Å². The van der Waals surface area contributed by atoms with Gasteiger partial charge in [-0.1, -0.05) is 196 Å². The van der Waals surface area contributed by atoms with Crippen molar-refractivity contribution in [1.82, 2.24) is 0 Å². The van der Waals surface area contributed by atoms with Gasteiger partial charge < -0.3 is 10.6 Å². The van der Waals surface area contributed by atoms with Crippen molar-refractivity contribution >= 4 is 22.7 Å². The van der Waals surface area contributed by atoms with Crippen LogP contribution in [0.15, 0.2) is 133 Å². The van der Waals surface area contributed by atoms with Crippen LogP contribution in [0.4, 0.5) is 22.7 Å². The van der Waals surface area contributed by atoms with Crippen molar-refractivity contribution in [3.8, 4) is 44.5 Å². The number of hydrogen-bond acceptors (Lipinski definition) is 2. The molecule has 0 bridgehead atoms. The highest BCUT2D eigenvalue weighted by atomic mass is 15.0. The topological polar surface area (TPSA) is 24.1 Å². The molecule has 0 aliphatic carbocycles. The summed E-state index contributed by atoms with van der Waals surface area (Å²) in [6, 6.07) is 51.0. The molecule has 0 saturated heterocycles. The molecule has 2 heteroatoms. The van der Waals surface area contributed by atoms with E-state index in [0.717, 1.165) is 22.7 Å². The van der Waals surface area contributed by atoms with Gasteiger partial charge in [0.2, 0.25) is 0 Å². The molecular weight excluding hydrogens is 821 g/mol. The molecule has 7 aromatic rings. The summed E-state index contributed by atoms with van der Waals surface area (Å²) < 4.78 is 0. The molecule has 0 saturated carbocycles. The molecule has 7 aromatic carbocycles. The van der Waals surface area contributed by atoms with Crippen molar-refractivity contribution in [2.45, 2.75) is 158 Å². The summed E-state index contributed by atoms with van der Waals surface area (Å²) in [5, 5.41) is 8.07. The molecule has 0 spiro atoms. The lowest BCUT2D eigenvalue weighted by Crippen LogP contribution is -2.04. The second-order valence-corrected chi connectivity index (χ2v) is 21.9. The van der Waals surface area contributed by atoms with Gasteiger partial charge in [0.15, 0.2) is 0 Å². The molecule has 0 aromatic heterocycles. The Morgan fingerprint density at radius 3 is 0.603 bits per heavy atom. The average Bonchev–Trinajstić information content (AvgIpc) is 3.30. The second-order valence-electron chi connectivity index (χ2n) is 21.9. The number of para-hydroxylation sites is 2. The Kier molecular flexibility index (Phi) is 15.6. The van der Waals surface area contributed by atoms with Gasteiger partial charge in [0.05, 0.1) is 11.4 Å². The third-order valence-electron chi connectivity index (χ3n) is 14.0. The maximum Gasteiger partial charge on any atom is 0.0623 e. The Morgan fingerprint density at radius 2 is 0.426 bits per heavy atom. The van der Waals surface area contributed by atoms with Crippen LogP contribution in [0.25, 0.3) is 44.5 Å². The molecule has 0 heterocycles. The maximum atomic E-state index is 4.03. The molecular formula is C66H80N2. The quantitative estimate of drug-likeness (QED) is 0.101. The first-order valence-corrected chi connectivity index (χ1v) is 25.8. The second kappa shape index (κ2) is 21.2. The number of benzene rings is 7. The Morgan fingerprint density at radius 1 is 0.235 bits per heavy atom. The predicted octanol–water partition coefficient (Wildman–Crippen LogP) is 20.8. The van der Waals surface area contributed by atoms with E-state index in [4.69, 9.17) is 0 Å². The summed E-state index contributed by atoms with van der Waals surface area (Å²) in [6.07, 6.45) is 0. The van der Waals surface area contributed by atoms with Crippen molar-refractivity contribution in [3.63, 3.8) is 0 Å². The highest BCUT2D eigenvalue weighted by molar-refractivity contribution is 5.89. The maximum absolute atomic E-state index is 4.03. The fourth-order valence-electron chi connectivity index (χ4n) is 10.5. The molecule has 0 aliphatic rings. The number of nitrogens with one attached hydrogen (secondary N) is 2. The minimum atomic E-state index is 0.372. The fourth-order valence-corrected chi connectivity index (χ4v) is 10.5. The zero-order valence-corrected chi connectivity index (χ0v) is 44.3. The zero-order chi connectivity index (χ0) is 49.1. The van der Waals surface area contributed by atoms with Crippen LogP contribution in [0.1, 0.15) is 203 Å². The van der Waals surface area contributed by atoms with Gasteiger partial charge in [-0.2, -0.15) is 0 Å². The minimum Gasteiger partial charge on any atom is -0.354 e. The molecule has 0 fully saturated rings. The monoisotopic (exact) mass is 901 g/mol. The Balaban J connectivity index is 1.46. The summed E-state index contributed by atoms with van der Waals surface area (Å²) in [6.45, 7) is 37.3. The van der Waals surface area contributed by atoms with E-state index in [9.17, 15) is 0 Å². The van der Waals surface area contributed by atoms with Crippen molar-refractivity contribution < 1.29 is 0 Å². The van der Waals surface area contributed by atoms with Gasteiger partial charge >= 0.3 is 0 Å². The lowest BCUT2D eigenvalue weighted by atomic mass is 9.81. The molecule has 354 valence electrons. The first kappa shape index (κ1) is 50.0. The molecule has 0 aliphatic heterocycles.